The SMILES string of the molecule is C[C@@H]([NH2+][C@@H](C(=O)NC(N)=O)c1ccccc1)c1cc(F)c(Cl)cc1Cl. The fourth-order valence-electron chi connectivity index (χ4n) is 2.49. The van der Waals surface area contributed by atoms with Crippen LogP contribution >= 0.6 is 23.2 Å². The van der Waals surface area contributed by atoms with Crippen molar-refractivity contribution in [2.24, 2.45) is 5.73 Å². The van der Waals surface area contributed by atoms with Crippen molar-refractivity contribution in [1.82, 2.24) is 5.32 Å². The summed E-state index contributed by atoms with van der Waals surface area (Å²) in [4.78, 5) is 23.4. The lowest BCUT2D eigenvalue weighted by Gasteiger charge is -2.20. The normalized spacial score (nSPS) is 13.1. The highest BCUT2D eigenvalue weighted by Crippen LogP contribution is 2.27. The highest BCUT2D eigenvalue weighted by atomic mass is 35.5. The molecule has 5 nitrogen and oxygen atoms in total. The van der Waals surface area contributed by atoms with Gasteiger partial charge < -0.3 is 11.1 Å². The van der Waals surface area contributed by atoms with E-state index in [2.05, 4.69) is 5.32 Å². The van der Waals surface area contributed by atoms with Gasteiger partial charge in [-0.05, 0) is 19.1 Å². The molecule has 132 valence electrons. The Labute approximate surface area is 154 Å². The Morgan fingerprint density at radius 1 is 1.16 bits per heavy atom. The first-order valence-electron chi connectivity index (χ1n) is 7.44. The molecule has 0 aromatic heterocycles. The van der Waals surface area contributed by atoms with Crippen LogP contribution in [0.15, 0.2) is 42.5 Å². The van der Waals surface area contributed by atoms with Crippen molar-refractivity contribution >= 4 is 35.1 Å². The smallest absolute Gasteiger partial charge is 0.319 e. The Morgan fingerprint density at radius 2 is 1.80 bits per heavy atom. The number of imide groups is 1. The zero-order valence-electron chi connectivity index (χ0n) is 13.3. The molecular weight excluding hydrogens is 368 g/mol. The number of carbonyl (C=O) groups is 2. The molecule has 3 amide bonds. The second-order valence-electron chi connectivity index (χ2n) is 5.51. The highest BCUT2D eigenvalue weighted by molar-refractivity contribution is 6.35. The lowest BCUT2D eigenvalue weighted by molar-refractivity contribution is -0.719. The average Bonchev–Trinajstić information content (AvgIpc) is 2.55. The van der Waals surface area contributed by atoms with Gasteiger partial charge in [-0.25, -0.2) is 9.18 Å². The Morgan fingerprint density at radius 3 is 2.40 bits per heavy atom. The number of nitrogens with one attached hydrogen (secondary N) is 1. The molecule has 0 fully saturated rings. The summed E-state index contributed by atoms with van der Waals surface area (Å²) in [6.07, 6.45) is 0. The maximum absolute atomic E-state index is 13.8. The Balaban J connectivity index is 2.31. The van der Waals surface area contributed by atoms with E-state index in [1.165, 1.54) is 12.1 Å². The molecule has 25 heavy (non-hydrogen) atoms. The molecule has 0 aliphatic carbocycles. The predicted octanol–water partition coefficient (Wildman–Crippen LogP) is 2.69. The first kappa shape index (κ1) is 19.2. The second kappa shape index (κ2) is 8.29. The van der Waals surface area contributed by atoms with Crippen molar-refractivity contribution in [1.29, 1.82) is 0 Å². The summed E-state index contributed by atoms with van der Waals surface area (Å²) in [5.74, 6) is -1.17. The van der Waals surface area contributed by atoms with E-state index in [9.17, 15) is 14.0 Å². The molecule has 0 radical (unpaired) electrons. The monoisotopic (exact) mass is 384 g/mol. The average molecular weight is 385 g/mol. The maximum atomic E-state index is 13.8. The largest absolute Gasteiger partial charge is 0.351 e. The summed E-state index contributed by atoms with van der Waals surface area (Å²) in [7, 11) is 0. The minimum atomic E-state index is -0.942. The fraction of sp³-hybridized carbons (Fsp3) is 0.176. The summed E-state index contributed by atoms with van der Waals surface area (Å²) in [6, 6.07) is 9.31. The van der Waals surface area contributed by atoms with E-state index in [4.69, 9.17) is 28.9 Å². The van der Waals surface area contributed by atoms with Gasteiger partial charge in [0.25, 0.3) is 5.91 Å². The van der Waals surface area contributed by atoms with Gasteiger partial charge in [0, 0.05) is 11.1 Å². The van der Waals surface area contributed by atoms with Crippen LogP contribution in [0.1, 0.15) is 30.1 Å². The Kier molecular flexibility index (Phi) is 6.36. The number of amides is 3. The van der Waals surface area contributed by atoms with Crippen LogP contribution in [0.5, 0.6) is 0 Å². The van der Waals surface area contributed by atoms with Crippen molar-refractivity contribution in [3.63, 3.8) is 0 Å². The third kappa shape index (κ3) is 4.92. The quantitative estimate of drug-likeness (QED) is 0.691. The molecule has 2 aromatic rings. The Bertz CT molecular complexity index is 787. The van der Waals surface area contributed by atoms with E-state index in [1.54, 1.807) is 42.6 Å². The second-order valence-corrected chi connectivity index (χ2v) is 6.33. The number of urea groups is 1. The van der Waals surface area contributed by atoms with Crippen molar-refractivity contribution in [2.45, 2.75) is 19.0 Å². The summed E-state index contributed by atoms with van der Waals surface area (Å²) in [5, 5.41) is 3.95. The molecule has 0 saturated carbocycles. The minimum Gasteiger partial charge on any atom is -0.351 e. The van der Waals surface area contributed by atoms with Crippen LogP contribution < -0.4 is 16.4 Å². The van der Waals surface area contributed by atoms with Crippen molar-refractivity contribution < 1.29 is 19.3 Å². The van der Waals surface area contributed by atoms with Crippen LogP contribution in [-0.2, 0) is 4.79 Å². The lowest BCUT2D eigenvalue weighted by Crippen LogP contribution is -2.88. The van der Waals surface area contributed by atoms with E-state index in [0.29, 0.717) is 11.1 Å². The number of quaternary nitrogens is 1. The molecule has 2 aromatic carbocycles. The van der Waals surface area contributed by atoms with Gasteiger partial charge in [0.05, 0.1) is 10.0 Å². The van der Waals surface area contributed by atoms with Crippen LogP contribution in [-0.4, -0.2) is 11.9 Å². The van der Waals surface area contributed by atoms with E-state index < -0.39 is 23.8 Å². The van der Waals surface area contributed by atoms with Gasteiger partial charge in [0.1, 0.15) is 11.9 Å². The van der Waals surface area contributed by atoms with Crippen molar-refractivity contribution in [3.05, 3.63) is 69.5 Å². The molecule has 2 atom stereocenters. The maximum Gasteiger partial charge on any atom is 0.319 e. The van der Waals surface area contributed by atoms with Gasteiger partial charge in [-0.1, -0.05) is 53.5 Å². The molecule has 2 rings (SSSR count). The number of benzene rings is 2. The number of carbonyl (C=O) groups excluding carboxylic acids is 2. The standard InChI is InChI=1S/C17H16Cl2FN3O2/c1-9(11-7-14(20)13(19)8-12(11)18)22-15(16(24)23-17(21)25)10-5-3-2-4-6-10/h2-9,15,22H,1H3,(H3,21,23,24,25)/p+1/t9-,15-/m1/s1. The molecule has 0 bridgehead atoms. The minimum absolute atomic E-state index is 0.0768. The molecule has 0 heterocycles. The number of nitrogens with two attached hydrogens (primary N) is 2. The van der Waals surface area contributed by atoms with Crippen LogP contribution in [0, 0.1) is 5.82 Å². The lowest BCUT2D eigenvalue weighted by atomic mass is 10.0. The van der Waals surface area contributed by atoms with E-state index in [1.807, 2.05) is 0 Å². The number of hydrogen-bond acceptors (Lipinski definition) is 2. The van der Waals surface area contributed by atoms with Gasteiger partial charge in [-0.2, -0.15) is 0 Å². The van der Waals surface area contributed by atoms with Gasteiger partial charge >= 0.3 is 6.03 Å². The summed E-state index contributed by atoms with van der Waals surface area (Å²) < 4.78 is 13.8. The molecule has 5 N–H and O–H groups in total. The number of rotatable bonds is 5. The molecule has 0 unspecified atom stereocenters. The molecular formula is C17H17Cl2FN3O2+. The number of primary amides is 1. The van der Waals surface area contributed by atoms with Gasteiger partial charge in [0.2, 0.25) is 0 Å². The van der Waals surface area contributed by atoms with E-state index >= 15 is 0 Å². The topological polar surface area (TPSA) is 88.8 Å². The molecule has 8 heteroatoms. The van der Waals surface area contributed by atoms with E-state index in [-0.39, 0.29) is 16.1 Å². The van der Waals surface area contributed by atoms with Crippen molar-refractivity contribution in [2.75, 3.05) is 0 Å². The first-order chi connectivity index (χ1) is 11.8. The first-order valence-corrected chi connectivity index (χ1v) is 8.20. The third-order valence-corrected chi connectivity index (χ3v) is 4.32. The zero-order chi connectivity index (χ0) is 18.6. The van der Waals surface area contributed by atoms with E-state index in [0.717, 1.165) is 0 Å². The highest BCUT2D eigenvalue weighted by Gasteiger charge is 2.29. The summed E-state index contributed by atoms with van der Waals surface area (Å²) >= 11 is 11.9. The molecule has 0 spiro atoms. The van der Waals surface area contributed by atoms with Gasteiger partial charge in [0.15, 0.2) is 6.04 Å². The fourth-order valence-corrected chi connectivity index (χ4v) is 3.04. The van der Waals surface area contributed by atoms with Crippen LogP contribution in [0.2, 0.25) is 10.0 Å². The summed E-state index contributed by atoms with van der Waals surface area (Å²) in [5.41, 5.74) is 6.19. The third-order valence-electron chi connectivity index (χ3n) is 3.70. The predicted molar refractivity (Wildman–Crippen MR) is 93.7 cm³/mol. The Hall–Kier alpha value is -2.15. The van der Waals surface area contributed by atoms with Crippen LogP contribution in [0.3, 0.4) is 0 Å². The number of halogens is 3. The van der Waals surface area contributed by atoms with Crippen LogP contribution in [0.4, 0.5) is 9.18 Å². The van der Waals surface area contributed by atoms with Gasteiger partial charge in [-0.15, -0.1) is 0 Å². The molecule has 0 saturated heterocycles. The van der Waals surface area contributed by atoms with Gasteiger partial charge in [-0.3, -0.25) is 10.1 Å². The number of hydrogen-bond donors (Lipinski definition) is 3. The summed E-state index contributed by atoms with van der Waals surface area (Å²) in [6.45, 7) is 1.77. The molecule has 0 aliphatic rings. The van der Waals surface area contributed by atoms with Crippen LogP contribution in [0.25, 0.3) is 0 Å². The zero-order valence-corrected chi connectivity index (χ0v) is 14.8. The van der Waals surface area contributed by atoms with Crippen molar-refractivity contribution in [3.8, 4) is 0 Å². The molecule has 0 aliphatic heterocycles.